The molecular formula is C12H13Cl2NO3S. The van der Waals surface area contributed by atoms with E-state index in [1.54, 1.807) is 6.92 Å². The number of methoxy groups -OCH3 is 1. The number of rotatable bonds is 3. The molecule has 1 aliphatic rings. The van der Waals surface area contributed by atoms with Gasteiger partial charge in [0.05, 0.1) is 17.0 Å². The Morgan fingerprint density at radius 3 is 2.37 bits per heavy atom. The van der Waals surface area contributed by atoms with Crippen LogP contribution in [0.3, 0.4) is 0 Å². The third kappa shape index (κ3) is 2.47. The molecule has 0 aromatic carbocycles. The zero-order valence-electron chi connectivity index (χ0n) is 10.5. The molecule has 0 radical (unpaired) electrons. The molecule has 104 valence electrons. The number of thiophene rings is 1. The highest BCUT2D eigenvalue weighted by Crippen LogP contribution is 2.38. The lowest BCUT2D eigenvalue weighted by Gasteiger charge is -2.39. The minimum absolute atomic E-state index is 0.332. The lowest BCUT2D eigenvalue weighted by Crippen LogP contribution is -2.59. The van der Waals surface area contributed by atoms with Gasteiger partial charge in [-0.05, 0) is 31.7 Å². The molecule has 0 bridgehead atoms. The fraction of sp³-hybridized carbons (Fsp3) is 0.500. The lowest BCUT2D eigenvalue weighted by atomic mass is 9.76. The lowest BCUT2D eigenvalue weighted by molar-refractivity contribution is -0.152. The number of carbonyl (C=O) groups excluding carboxylic acids is 2. The van der Waals surface area contributed by atoms with Crippen molar-refractivity contribution in [1.29, 1.82) is 0 Å². The van der Waals surface area contributed by atoms with Crippen LogP contribution in [-0.4, -0.2) is 24.5 Å². The average Bonchev–Trinajstić information content (AvgIpc) is 2.60. The smallest absolute Gasteiger partial charge is 0.331 e. The van der Waals surface area contributed by atoms with Gasteiger partial charge in [-0.3, -0.25) is 4.79 Å². The van der Waals surface area contributed by atoms with Crippen LogP contribution >= 0.6 is 34.5 Å². The number of hydrogen-bond donors (Lipinski definition) is 1. The summed E-state index contributed by atoms with van der Waals surface area (Å²) in [6.45, 7) is 1.73. The number of esters is 1. The van der Waals surface area contributed by atoms with Gasteiger partial charge in [0, 0.05) is 0 Å². The highest BCUT2D eigenvalue weighted by molar-refractivity contribution is 7.19. The van der Waals surface area contributed by atoms with Gasteiger partial charge >= 0.3 is 5.97 Å². The van der Waals surface area contributed by atoms with Crippen LogP contribution < -0.4 is 5.32 Å². The zero-order valence-corrected chi connectivity index (χ0v) is 12.8. The van der Waals surface area contributed by atoms with Gasteiger partial charge in [0.25, 0.3) is 5.91 Å². The molecule has 1 heterocycles. The predicted molar refractivity (Wildman–Crippen MR) is 75.1 cm³/mol. The van der Waals surface area contributed by atoms with E-state index < -0.39 is 11.5 Å². The SMILES string of the molecule is COC(=O)C1(NC(=O)c2sc(Cl)c(Cl)c2C)CCC1. The summed E-state index contributed by atoms with van der Waals surface area (Å²) < 4.78 is 5.13. The van der Waals surface area contributed by atoms with Crippen molar-refractivity contribution in [2.24, 2.45) is 0 Å². The largest absolute Gasteiger partial charge is 0.467 e. The molecule has 0 unspecified atom stereocenters. The molecule has 2 rings (SSSR count). The summed E-state index contributed by atoms with van der Waals surface area (Å²) in [6.07, 6.45) is 2.08. The van der Waals surface area contributed by atoms with Crippen LogP contribution in [0.5, 0.6) is 0 Å². The normalized spacial score (nSPS) is 16.6. The zero-order chi connectivity index (χ0) is 14.2. The Bertz CT molecular complexity index is 537. The van der Waals surface area contributed by atoms with E-state index >= 15 is 0 Å². The Morgan fingerprint density at radius 2 is 2.00 bits per heavy atom. The van der Waals surface area contributed by atoms with Crippen molar-refractivity contribution < 1.29 is 14.3 Å². The van der Waals surface area contributed by atoms with Gasteiger partial charge in [-0.1, -0.05) is 23.2 Å². The third-order valence-electron chi connectivity index (χ3n) is 3.38. The molecule has 1 N–H and O–H groups in total. The van der Waals surface area contributed by atoms with Gasteiger partial charge in [-0.2, -0.15) is 0 Å². The van der Waals surface area contributed by atoms with E-state index in [-0.39, 0.29) is 5.91 Å². The van der Waals surface area contributed by atoms with Crippen LogP contribution in [0.4, 0.5) is 0 Å². The fourth-order valence-corrected chi connectivity index (χ4v) is 3.51. The summed E-state index contributed by atoms with van der Waals surface area (Å²) in [6, 6.07) is 0. The van der Waals surface area contributed by atoms with Crippen molar-refractivity contribution in [3.63, 3.8) is 0 Å². The molecule has 7 heteroatoms. The second kappa shape index (κ2) is 5.31. The van der Waals surface area contributed by atoms with Gasteiger partial charge in [0.1, 0.15) is 9.88 Å². The molecule has 0 spiro atoms. The Balaban J connectivity index is 2.21. The molecule has 0 atom stereocenters. The highest BCUT2D eigenvalue weighted by Gasteiger charge is 2.47. The van der Waals surface area contributed by atoms with Crippen molar-refractivity contribution in [1.82, 2.24) is 5.32 Å². The molecule has 1 fully saturated rings. The molecular weight excluding hydrogens is 309 g/mol. The Hall–Kier alpha value is -0.780. The summed E-state index contributed by atoms with van der Waals surface area (Å²) in [5.74, 6) is -0.736. The van der Waals surface area contributed by atoms with Crippen LogP contribution in [0.25, 0.3) is 0 Å². The van der Waals surface area contributed by atoms with E-state index in [0.29, 0.717) is 32.6 Å². The summed E-state index contributed by atoms with van der Waals surface area (Å²) in [5.41, 5.74) is -0.255. The van der Waals surface area contributed by atoms with Gasteiger partial charge in [-0.15, -0.1) is 11.3 Å². The molecule has 4 nitrogen and oxygen atoms in total. The molecule has 19 heavy (non-hydrogen) atoms. The van der Waals surface area contributed by atoms with Gasteiger partial charge in [0.2, 0.25) is 0 Å². The molecule has 1 aromatic rings. The number of hydrogen-bond acceptors (Lipinski definition) is 4. The molecule has 0 saturated heterocycles. The molecule has 1 saturated carbocycles. The Labute approximate surface area is 125 Å². The Kier molecular flexibility index (Phi) is 4.08. The fourth-order valence-electron chi connectivity index (χ4n) is 2.05. The van der Waals surface area contributed by atoms with Crippen molar-refractivity contribution in [3.05, 3.63) is 19.8 Å². The Morgan fingerprint density at radius 1 is 1.37 bits per heavy atom. The first kappa shape index (κ1) is 14.6. The van der Waals surface area contributed by atoms with E-state index in [4.69, 9.17) is 27.9 Å². The van der Waals surface area contributed by atoms with Crippen LogP contribution in [-0.2, 0) is 9.53 Å². The quantitative estimate of drug-likeness (QED) is 0.870. The van der Waals surface area contributed by atoms with Gasteiger partial charge < -0.3 is 10.1 Å². The summed E-state index contributed by atoms with van der Waals surface area (Å²) in [7, 11) is 1.32. The van der Waals surface area contributed by atoms with E-state index in [1.807, 2.05) is 0 Å². The molecule has 1 aromatic heterocycles. The third-order valence-corrected chi connectivity index (χ3v) is 5.56. The summed E-state index contributed by atoms with van der Waals surface area (Å²) in [4.78, 5) is 24.4. The van der Waals surface area contributed by atoms with E-state index in [0.717, 1.165) is 17.8 Å². The minimum atomic E-state index is -0.888. The van der Waals surface area contributed by atoms with E-state index in [1.165, 1.54) is 7.11 Å². The first-order chi connectivity index (χ1) is 8.91. The van der Waals surface area contributed by atoms with Crippen LogP contribution in [0, 0.1) is 6.92 Å². The standard InChI is InChI=1S/C12H13Cl2NO3S/c1-6-7(13)9(14)19-8(6)10(16)15-12(4-3-5-12)11(17)18-2/h3-5H2,1-2H3,(H,15,16). The maximum Gasteiger partial charge on any atom is 0.331 e. The monoisotopic (exact) mass is 321 g/mol. The number of carbonyl (C=O) groups is 2. The second-order valence-electron chi connectivity index (χ2n) is 4.53. The van der Waals surface area contributed by atoms with Crippen molar-refractivity contribution in [3.8, 4) is 0 Å². The molecule has 1 aliphatic carbocycles. The van der Waals surface area contributed by atoms with Crippen molar-refractivity contribution >= 4 is 46.4 Å². The summed E-state index contributed by atoms with van der Waals surface area (Å²) >= 11 is 13.0. The predicted octanol–water partition coefficient (Wildman–Crippen LogP) is 3.19. The van der Waals surface area contributed by atoms with Crippen LogP contribution in [0.1, 0.15) is 34.5 Å². The van der Waals surface area contributed by atoms with Crippen LogP contribution in [0.15, 0.2) is 0 Å². The number of amides is 1. The van der Waals surface area contributed by atoms with Gasteiger partial charge in [-0.25, -0.2) is 4.79 Å². The first-order valence-electron chi connectivity index (χ1n) is 5.76. The number of halogens is 2. The minimum Gasteiger partial charge on any atom is -0.467 e. The van der Waals surface area contributed by atoms with Crippen molar-refractivity contribution in [2.75, 3.05) is 7.11 Å². The average molecular weight is 322 g/mol. The molecule has 1 amide bonds. The number of ether oxygens (including phenoxy) is 1. The number of nitrogens with one attached hydrogen (secondary N) is 1. The second-order valence-corrected chi connectivity index (χ2v) is 6.53. The van der Waals surface area contributed by atoms with Crippen molar-refractivity contribution in [2.45, 2.75) is 31.7 Å². The van der Waals surface area contributed by atoms with Gasteiger partial charge in [0.15, 0.2) is 0 Å². The maximum atomic E-state index is 12.2. The highest BCUT2D eigenvalue weighted by atomic mass is 35.5. The topological polar surface area (TPSA) is 55.4 Å². The van der Waals surface area contributed by atoms with E-state index in [9.17, 15) is 9.59 Å². The van der Waals surface area contributed by atoms with E-state index in [2.05, 4.69) is 5.32 Å². The van der Waals surface area contributed by atoms with Crippen LogP contribution in [0.2, 0.25) is 9.36 Å². The first-order valence-corrected chi connectivity index (χ1v) is 7.34. The summed E-state index contributed by atoms with van der Waals surface area (Å²) in [5, 5.41) is 3.14. The maximum absolute atomic E-state index is 12.2. The molecule has 0 aliphatic heterocycles.